The molecule has 118 valence electrons. The van der Waals surface area contributed by atoms with Gasteiger partial charge in [-0.2, -0.15) is 0 Å². The number of hydrogen-bond acceptors (Lipinski definition) is 3. The molecule has 0 fully saturated rings. The van der Waals surface area contributed by atoms with Crippen LogP contribution >= 0.6 is 0 Å². The molecule has 0 saturated carbocycles. The second kappa shape index (κ2) is 7.56. The highest BCUT2D eigenvalue weighted by atomic mass is 32.2. The molecule has 1 rings (SSSR count). The predicted octanol–water partition coefficient (Wildman–Crippen LogP) is 2.34. The Morgan fingerprint density at radius 1 is 1.33 bits per heavy atom. The number of hydrogen-bond donors (Lipinski definition) is 2. The van der Waals surface area contributed by atoms with Gasteiger partial charge in [0.25, 0.3) is 0 Å². The van der Waals surface area contributed by atoms with Crippen molar-refractivity contribution in [2.75, 3.05) is 0 Å². The van der Waals surface area contributed by atoms with Crippen LogP contribution in [0.1, 0.15) is 55.5 Å². The summed E-state index contributed by atoms with van der Waals surface area (Å²) in [6.07, 6.45) is 3.96. The van der Waals surface area contributed by atoms with E-state index in [9.17, 15) is 13.2 Å². The van der Waals surface area contributed by atoms with E-state index in [-0.39, 0.29) is 16.5 Å². The third-order valence-electron chi connectivity index (χ3n) is 3.38. The van der Waals surface area contributed by atoms with Crippen molar-refractivity contribution in [3.05, 3.63) is 29.3 Å². The van der Waals surface area contributed by atoms with Gasteiger partial charge in [0.15, 0.2) is 0 Å². The van der Waals surface area contributed by atoms with Gasteiger partial charge in [-0.15, -0.1) is 0 Å². The Morgan fingerprint density at radius 2 is 2.00 bits per heavy atom. The molecule has 1 aromatic carbocycles. The molecule has 1 amide bonds. The van der Waals surface area contributed by atoms with Crippen molar-refractivity contribution in [1.29, 1.82) is 0 Å². The van der Waals surface area contributed by atoms with Crippen LogP contribution in [0, 0.1) is 6.92 Å². The number of carbonyl (C=O) groups is 1. The van der Waals surface area contributed by atoms with Gasteiger partial charge >= 0.3 is 0 Å². The molecule has 5 nitrogen and oxygen atoms in total. The van der Waals surface area contributed by atoms with Crippen molar-refractivity contribution < 1.29 is 13.2 Å². The molecule has 1 unspecified atom stereocenters. The number of sulfonamides is 1. The number of nitrogens with one attached hydrogen (secondary N) is 1. The molecular formula is C15H24N2O3S. The molecule has 0 spiro atoms. The number of primary amides is 1. The van der Waals surface area contributed by atoms with Crippen molar-refractivity contribution in [2.24, 2.45) is 5.73 Å². The third kappa shape index (κ3) is 5.13. The highest BCUT2D eigenvalue weighted by molar-refractivity contribution is 7.89. The van der Waals surface area contributed by atoms with Crippen molar-refractivity contribution in [1.82, 2.24) is 4.72 Å². The Morgan fingerprint density at radius 3 is 2.57 bits per heavy atom. The molecule has 0 aromatic heterocycles. The number of nitrogens with two attached hydrogens (primary N) is 1. The third-order valence-corrected chi connectivity index (χ3v) is 4.97. The maximum Gasteiger partial charge on any atom is 0.249 e. The van der Waals surface area contributed by atoms with Crippen LogP contribution in [0.4, 0.5) is 0 Å². The maximum absolute atomic E-state index is 12.3. The summed E-state index contributed by atoms with van der Waals surface area (Å²) in [5.41, 5.74) is 6.15. The monoisotopic (exact) mass is 312 g/mol. The van der Waals surface area contributed by atoms with E-state index < -0.39 is 15.9 Å². The first-order chi connectivity index (χ1) is 9.77. The summed E-state index contributed by atoms with van der Waals surface area (Å²) < 4.78 is 27.2. The summed E-state index contributed by atoms with van der Waals surface area (Å²) in [5, 5.41) is 0. The van der Waals surface area contributed by atoms with E-state index in [1.165, 1.54) is 12.1 Å². The van der Waals surface area contributed by atoms with Gasteiger partial charge in [-0.3, -0.25) is 4.79 Å². The summed E-state index contributed by atoms with van der Waals surface area (Å²) in [6, 6.07) is 4.28. The van der Waals surface area contributed by atoms with Gasteiger partial charge in [0.2, 0.25) is 15.9 Å². The number of aryl methyl sites for hydroxylation is 1. The zero-order valence-electron chi connectivity index (χ0n) is 12.8. The first kappa shape index (κ1) is 17.7. The molecule has 1 aromatic rings. The van der Waals surface area contributed by atoms with Gasteiger partial charge in [-0.05, 0) is 38.0 Å². The fourth-order valence-corrected chi connectivity index (χ4v) is 3.43. The summed E-state index contributed by atoms with van der Waals surface area (Å²) in [6.45, 7) is 5.67. The summed E-state index contributed by atoms with van der Waals surface area (Å²) in [5.74, 6) is -0.624. The van der Waals surface area contributed by atoms with Gasteiger partial charge in [0.1, 0.15) is 0 Å². The Hall–Kier alpha value is -1.40. The number of carbonyl (C=O) groups excluding carboxylic acids is 1. The molecule has 6 heteroatoms. The summed E-state index contributed by atoms with van der Waals surface area (Å²) >= 11 is 0. The van der Waals surface area contributed by atoms with E-state index >= 15 is 0 Å². The largest absolute Gasteiger partial charge is 0.366 e. The van der Waals surface area contributed by atoms with Gasteiger partial charge in [0, 0.05) is 11.6 Å². The van der Waals surface area contributed by atoms with Crippen LogP contribution in [0.15, 0.2) is 23.1 Å². The topological polar surface area (TPSA) is 89.3 Å². The van der Waals surface area contributed by atoms with Crippen molar-refractivity contribution in [3.63, 3.8) is 0 Å². The molecule has 0 saturated heterocycles. The normalized spacial score (nSPS) is 13.1. The Balaban J connectivity index is 2.88. The Bertz CT molecular complexity index is 597. The van der Waals surface area contributed by atoms with E-state index in [4.69, 9.17) is 5.73 Å². The first-order valence-electron chi connectivity index (χ1n) is 7.20. The first-order valence-corrected chi connectivity index (χ1v) is 8.69. The average molecular weight is 312 g/mol. The number of unbranched alkanes of at least 4 members (excludes halogenated alkanes) is 2. The van der Waals surface area contributed by atoms with Crippen LogP contribution in [0.5, 0.6) is 0 Å². The van der Waals surface area contributed by atoms with E-state index in [1.54, 1.807) is 13.0 Å². The molecule has 21 heavy (non-hydrogen) atoms. The standard InChI is InChI=1S/C15H24N2O3S/c1-4-5-6-7-12(3)17-21(19,20)13-9-8-11(2)14(10-13)15(16)18/h8-10,12,17H,4-7H2,1-3H3,(H2,16,18). The summed E-state index contributed by atoms with van der Waals surface area (Å²) in [4.78, 5) is 11.4. The highest BCUT2D eigenvalue weighted by Gasteiger charge is 2.19. The lowest BCUT2D eigenvalue weighted by Crippen LogP contribution is -2.32. The molecule has 1 atom stereocenters. The number of amides is 1. The second-order valence-electron chi connectivity index (χ2n) is 5.36. The fraction of sp³-hybridized carbons (Fsp3) is 0.533. The van der Waals surface area contributed by atoms with Crippen LogP contribution in [0.3, 0.4) is 0 Å². The minimum absolute atomic E-state index is 0.0734. The molecule has 0 aliphatic heterocycles. The van der Waals surface area contributed by atoms with Crippen molar-refractivity contribution in [3.8, 4) is 0 Å². The molecule has 0 bridgehead atoms. The van der Waals surface area contributed by atoms with Crippen LogP contribution in [0.25, 0.3) is 0 Å². The summed E-state index contributed by atoms with van der Waals surface area (Å²) in [7, 11) is -3.63. The minimum Gasteiger partial charge on any atom is -0.366 e. The van der Waals surface area contributed by atoms with Crippen LogP contribution < -0.4 is 10.5 Å². The number of rotatable bonds is 8. The molecule has 0 aliphatic carbocycles. The van der Waals surface area contributed by atoms with E-state index in [0.717, 1.165) is 25.7 Å². The van der Waals surface area contributed by atoms with Crippen molar-refractivity contribution >= 4 is 15.9 Å². The minimum atomic E-state index is -3.63. The fourth-order valence-electron chi connectivity index (χ4n) is 2.13. The molecule has 0 radical (unpaired) electrons. The Kier molecular flexibility index (Phi) is 6.36. The van der Waals surface area contributed by atoms with Gasteiger partial charge in [-0.25, -0.2) is 13.1 Å². The molecule has 0 heterocycles. The molecule has 0 aliphatic rings. The van der Waals surface area contributed by atoms with Crippen LogP contribution in [-0.4, -0.2) is 20.4 Å². The van der Waals surface area contributed by atoms with E-state index in [1.807, 2.05) is 6.92 Å². The molecular weight excluding hydrogens is 288 g/mol. The van der Waals surface area contributed by atoms with E-state index in [0.29, 0.717) is 5.56 Å². The zero-order chi connectivity index (χ0) is 16.0. The highest BCUT2D eigenvalue weighted by Crippen LogP contribution is 2.16. The van der Waals surface area contributed by atoms with E-state index in [2.05, 4.69) is 11.6 Å². The SMILES string of the molecule is CCCCCC(C)NS(=O)(=O)c1ccc(C)c(C(N)=O)c1. The van der Waals surface area contributed by atoms with Gasteiger partial charge in [0.05, 0.1) is 4.90 Å². The van der Waals surface area contributed by atoms with Gasteiger partial charge < -0.3 is 5.73 Å². The quantitative estimate of drug-likeness (QED) is 0.722. The smallest absolute Gasteiger partial charge is 0.249 e. The predicted molar refractivity (Wildman–Crippen MR) is 83.6 cm³/mol. The van der Waals surface area contributed by atoms with Crippen LogP contribution in [-0.2, 0) is 10.0 Å². The second-order valence-corrected chi connectivity index (χ2v) is 7.07. The van der Waals surface area contributed by atoms with Gasteiger partial charge in [-0.1, -0.05) is 32.3 Å². The zero-order valence-corrected chi connectivity index (χ0v) is 13.7. The van der Waals surface area contributed by atoms with Crippen molar-refractivity contribution in [2.45, 2.75) is 57.4 Å². The maximum atomic E-state index is 12.3. The van der Waals surface area contributed by atoms with Crippen LogP contribution in [0.2, 0.25) is 0 Å². The lowest BCUT2D eigenvalue weighted by molar-refractivity contribution is 0.0999. The lowest BCUT2D eigenvalue weighted by atomic mass is 10.1. The average Bonchev–Trinajstić information content (AvgIpc) is 2.38. The lowest BCUT2D eigenvalue weighted by Gasteiger charge is -2.15. The Labute approximate surface area is 127 Å². The number of benzene rings is 1. The molecule has 3 N–H and O–H groups in total.